The van der Waals surface area contributed by atoms with Gasteiger partial charge in [-0.05, 0) is 30.3 Å². The summed E-state index contributed by atoms with van der Waals surface area (Å²) in [4.78, 5) is 25.5. The van der Waals surface area contributed by atoms with E-state index in [-0.39, 0.29) is 5.91 Å². The van der Waals surface area contributed by atoms with Gasteiger partial charge in [0.25, 0.3) is 5.91 Å². The topological polar surface area (TPSA) is 93.4 Å². The maximum Gasteiger partial charge on any atom is 0.256 e. The molecule has 0 saturated heterocycles. The minimum Gasteiger partial charge on any atom is -0.457 e. The average molecular weight is 359 g/mol. The fourth-order valence-corrected chi connectivity index (χ4v) is 3.29. The Hall–Kier alpha value is -3.64. The minimum absolute atomic E-state index is 0.323. The zero-order chi connectivity index (χ0) is 18.8. The molecule has 134 valence electrons. The molecular formula is C21H17N3O3. The molecule has 0 radical (unpaired) electrons. The highest BCUT2D eigenvalue weighted by atomic mass is 16.5. The Morgan fingerprint density at radius 3 is 2.33 bits per heavy atom. The summed E-state index contributed by atoms with van der Waals surface area (Å²) in [7, 11) is 0. The van der Waals surface area contributed by atoms with Crippen molar-refractivity contribution in [2.75, 3.05) is 5.32 Å². The Morgan fingerprint density at radius 1 is 0.852 bits per heavy atom. The summed E-state index contributed by atoms with van der Waals surface area (Å²) in [6, 6.07) is 21.5. The van der Waals surface area contributed by atoms with Crippen LogP contribution in [0.3, 0.4) is 0 Å². The van der Waals surface area contributed by atoms with Crippen LogP contribution in [-0.4, -0.2) is 11.8 Å². The summed E-state index contributed by atoms with van der Waals surface area (Å²) in [6.07, 6.45) is 0. The predicted octanol–water partition coefficient (Wildman–Crippen LogP) is 3.17. The molecule has 0 spiro atoms. The molecule has 0 saturated carbocycles. The molecule has 0 aliphatic carbocycles. The van der Waals surface area contributed by atoms with E-state index in [1.807, 2.05) is 30.3 Å². The van der Waals surface area contributed by atoms with E-state index in [0.29, 0.717) is 33.9 Å². The van der Waals surface area contributed by atoms with Crippen molar-refractivity contribution < 1.29 is 14.3 Å². The van der Waals surface area contributed by atoms with Crippen molar-refractivity contribution in [1.82, 2.24) is 5.43 Å². The summed E-state index contributed by atoms with van der Waals surface area (Å²) >= 11 is 0. The number of carbonyl (C=O) groups is 2. The lowest BCUT2D eigenvalue weighted by Crippen LogP contribution is -2.37. The van der Waals surface area contributed by atoms with Gasteiger partial charge in [-0.25, -0.2) is 5.84 Å². The van der Waals surface area contributed by atoms with Gasteiger partial charge in [0.15, 0.2) is 0 Å². The molecule has 1 aliphatic heterocycles. The van der Waals surface area contributed by atoms with Crippen LogP contribution < -0.4 is 21.3 Å². The molecule has 6 heteroatoms. The number of hydrogen-bond donors (Lipinski definition) is 3. The van der Waals surface area contributed by atoms with E-state index < -0.39 is 11.8 Å². The van der Waals surface area contributed by atoms with Gasteiger partial charge < -0.3 is 10.1 Å². The molecule has 1 aliphatic rings. The van der Waals surface area contributed by atoms with Crippen LogP contribution in [0.5, 0.6) is 11.5 Å². The second-order valence-electron chi connectivity index (χ2n) is 6.12. The van der Waals surface area contributed by atoms with E-state index in [2.05, 4.69) is 10.7 Å². The van der Waals surface area contributed by atoms with Gasteiger partial charge in [0, 0.05) is 22.4 Å². The van der Waals surface area contributed by atoms with Crippen LogP contribution in [0.2, 0.25) is 0 Å². The first kappa shape index (κ1) is 16.8. The number of fused-ring (bicyclic) bond motifs is 2. The van der Waals surface area contributed by atoms with E-state index in [4.69, 9.17) is 10.6 Å². The van der Waals surface area contributed by atoms with Gasteiger partial charge in [-0.1, -0.05) is 42.5 Å². The molecule has 3 aromatic carbocycles. The Balaban J connectivity index is 1.81. The number of benzene rings is 3. The quantitative estimate of drug-likeness (QED) is 0.380. The summed E-state index contributed by atoms with van der Waals surface area (Å²) in [6.45, 7) is 0. The average Bonchev–Trinajstić information content (AvgIpc) is 2.71. The van der Waals surface area contributed by atoms with E-state index in [9.17, 15) is 9.59 Å². The third-order valence-corrected chi connectivity index (χ3v) is 4.49. The van der Waals surface area contributed by atoms with Crippen LogP contribution in [0.4, 0.5) is 5.69 Å². The number of nitrogens with two attached hydrogens (primary N) is 1. The van der Waals surface area contributed by atoms with Gasteiger partial charge >= 0.3 is 0 Å². The smallest absolute Gasteiger partial charge is 0.256 e. The maximum absolute atomic E-state index is 12.9. The Kier molecular flexibility index (Phi) is 4.32. The molecule has 4 rings (SSSR count). The molecule has 0 fully saturated rings. The van der Waals surface area contributed by atoms with E-state index in [1.54, 1.807) is 42.5 Å². The molecule has 4 N–H and O–H groups in total. The predicted molar refractivity (Wildman–Crippen MR) is 102 cm³/mol. The fraction of sp³-hybridized carbons (Fsp3) is 0.0476. The van der Waals surface area contributed by atoms with Gasteiger partial charge in [0.05, 0.1) is 5.92 Å². The van der Waals surface area contributed by atoms with Gasteiger partial charge in [-0.2, -0.15) is 0 Å². The number of carbonyl (C=O) groups excluding carboxylic acids is 2. The standard InChI is InChI=1S/C21H17N3O3/c22-24-21(26)19-14-9-4-5-11-16(14)27-17-12-6-10-15(18(17)19)20(25)23-13-7-2-1-3-8-13/h1-12,19H,22H2,(H,23,25)(H,24,26). The zero-order valence-corrected chi connectivity index (χ0v) is 14.3. The number of rotatable bonds is 3. The normalized spacial score (nSPS) is 14.3. The van der Waals surface area contributed by atoms with Crippen LogP contribution in [0, 0.1) is 0 Å². The largest absolute Gasteiger partial charge is 0.457 e. The molecule has 3 aromatic rings. The third-order valence-electron chi connectivity index (χ3n) is 4.49. The highest BCUT2D eigenvalue weighted by molar-refractivity contribution is 6.07. The first-order chi connectivity index (χ1) is 13.2. The number of amides is 2. The summed E-state index contributed by atoms with van der Waals surface area (Å²) in [5.41, 5.74) is 4.38. The van der Waals surface area contributed by atoms with E-state index >= 15 is 0 Å². The molecule has 0 bridgehead atoms. The van der Waals surface area contributed by atoms with Crippen LogP contribution in [0.15, 0.2) is 72.8 Å². The number of hydrogen-bond acceptors (Lipinski definition) is 4. The molecule has 2 amide bonds. The zero-order valence-electron chi connectivity index (χ0n) is 14.3. The van der Waals surface area contributed by atoms with Crippen molar-refractivity contribution in [3.63, 3.8) is 0 Å². The summed E-state index contributed by atoms with van der Waals surface area (Å²) in [5, 5.41) is 2.85. The lowest BCUT2D eigenvalue weighted by atomic mass is 9.84. The molecule has 1 heterocycles. The van der Waals surface area contributed by atoms with Gasteiger partial charge in [-0.3, -0.25) is 15.0 Å². The number of nitrogens with one attached hydrogen (secondary N) is 2. The van der Waals surface area contributed by atoms with Crippen molar-refractivity contribution in [3.8, 4) is 11.5 Å². The van der Waals surface area contributed by atoms with Gasteiger partial charge in [0.2, 0.25) is 5.91 Å². The third kappa shape index (κ3) is 3.02. The Morgan fingerprint density at radius 2 is 1.56 bits per heavy atom. The molecule has 0 aromatic heterocycles. The first-order valence-electron chi connectivity index (χ1n) is 8.45. The molecule has 1 unspecified atom stereocenters. The lowest BCUT2D eigenvalue weighted by Gasteiger charge is -2.28. The first-order valence-corrected chi connectivity index (χ1v) is 8.45. The van der Waals surface area contributed by atoms with E-state index in [0.717, 1.165) is 0 Å². The second kappa shape index (κ2) is 6.93. The van der Waals surface area contributed by atoms with Crippen molar-refractivity contribution in [2.45, 2.75) is 5.92 Å². The molecular weight excluding hydrogens is 342 g/mol. The number of hydrazine groups is 1. The Labute approximate surface area is 155 Å². The molecule has 1 atom stereocenters. The van der Waals surface area contributed by atoms with Crippen molar-refractivity contribution in [3.05, 3.63) is 89.5 Å². The number of anilines is 1. The van der Waals surface area contributed by atoms with Crippen LogP contribution in [-0.2, 0) is 4.79 Å². The second-order valence-corrected chi connectivity index (χ2v) is 6.12. The minimum atomic E-state index is -0.743. The van der Waals surface area contributed by atoms with Gasteiger partial charge in [0.1, 0.15) is 11.5 Å². The molecule has 27 heavy (non-hydrogen) atoms. The van der Waals surface area contributed by atoms with Crippen molar-refractivity contribution in [1.29, 1.82) is 0 Å². The lowest BCUT2D eigenvalue weighted by molar-refractivity contribution is -0.121. The van der Waals surface area contributed by atoms with Crippen LogP contribution >= 0.6 is 0 Å². The highest BCUT2D eigenvalue weighted by Crippen LogP contribution is 2.45. The molecule has 6 nitrogen and oxygen atoms in total. The fourth-order valence-electron chi connectivity index (χ4n) is 3.29. The van der Waals surface area contributed by atoms with Gasteiger partial charge in [-0.15, -0.1) is 0 Å². The van der Waals surface area contributed by atoms with Crippen molar-refractivity contribution in [2.24, 2.45) is 5.84 Å². The summed E-state index contributed by atoms with van der Waals surface area (Å²) < 4.78 is 5.94. The van der Waals surface area contributed by atoms with Crippen LogP contribution in [0.1, 0.15) is 27.4 Å². The number of para-hydroxylation sites is 2. The summed E-state index contributed by atoms with van der Waals surface area (Å²) in [5.74, 6) is 4.98. The maximum atomic E-state index is 12.9. The van der Waals surface area contributed by atoms with E-state index in [1.165, 1.54) is 0 Å². The van der Waals surface area contributed by atoms with Crippen LogP contribution in [0.25, 0.3) is 0 Å². The van der Waals surface area contributed by atoms with Crippen molar-refractivity contribution >= 4 is 17.5 Å². The highest BCUT2D eigenvalue weighted by Gasteiger charge is 2.35. The number of ether oxygens (including phenoxy) is 1. The monoisotopic (exact) mass is 359 g/mol. The SMILES string of the molecule is NNC(=O)C1c2ccccc2Oc2cccc(C(=O)Nc3ccccc3)c21. The Bertz CT molecular complexity index is 1020.